The van der Waals surface area contributed by atoms with Gasteiger partial charge in [-0.3, -0.25) is 4.79 Å². The molecule has 0 bridgehead atoms. The molecule has 3 rings (SSSR count). The number of nitrogens with zero attached hydrogens (tertiary/aromatic N) is 1. The smallest absolute Gasteiger partial charge is 0.255 e. The fourth-order valence-electron chi connectivity index (χ4n) is 1.95. The maximum Gasteiger partial charge on any atom is 0.255 e. The maximum absolute atomic E-state index is 12.1. The predicted molar refractivity (Wildman–Crippen MR) is 91.1 cm³/mol. The Morgan fingerprint density at radius 3 is 2.38 bits per heavy atom. The standard InChI is InChI=1S/C16H12IN3O/c17-13-5-1-12(2-6-13)16(21)20-14-7-3-11(4-8-14)15-9-18-10-19-15/h1-10H,(H,18,19)(H,20,21). The Hall–Kier alpha value is -2.15. The first-order chi connectivity index (χ1) is 10.2. The number of amides is 1. The average molecular weight is 389 g/mol. The molecule has 2 aromatic carbocycles. The van der Waals surface area contributed by atoms with Crippen molar-refractivity contribution in [3.8, 4) is 11.3 Å². The molecule has 0 saturated heterocycles. The zero-order valence-electron chi connectivity index (χ0n) is 11.0. The van der Waals surface area contributed by atoms with E-state index in [0.29, 0.717) is 5.56 Å². The Balaban J connectivity index is 1.73. The number of halogens is 1. The Kier molecular flexibility index (Phi) is 4.01. The molecule has 0 unspecified atom stereocenters. The Morgan fingerprint density at radius 2 is 1.76 bits per heavy atom. The van der Waals surface area contributed by atoms with E-state index < -0.39 is 0 Å². The molecule has 5 heteroatoms. The van der Waals surface area contributed by atoms with E-state index in [2.05, 4.69) is 37.9 Å². The van der Waals surface area contributed by atoms with Crippen LogP contribution < -0.4 is 5.32 Å². The summed E-state index contributed by atoms with van der Waals surface area (Å²) in [6.07, 6.45) is 3.40. The molecule has 1 aromatic heterocycles. The molecule has 0 atom stereocenters. The number of nitrogens with one attached hydrogen (secondary N) is 2. The summed E-state index contributed by atoms with van der Waals surface area (Å²) in [7, 11) is 0. The molecule has 3 aromatic rings. The minimum absolute atomic E-state index is 0.110. The number of hydrogen-bond donors (Lipinski definition) is 2. The van der Waals surface area contributed by atoms with Gasteiger partial charge in [0.15, 0.2) is 0 Å². The molecule has 1 amide bonds. The second-order valence-corrected chi connectivity index (χ2v) is 5.75. The summed E-state index contributed by atoms with van der Waals surface area (Å²) in [5.41, 5.74) is 3.39. The summed E-state index contributed by atoms with van der Waals surface area (Å²) in [5, 5.41) is 2.88. The van der Waals surface area contributed by atoms with Crippen molar-refractivity contribution < 1.29 is 4.79 Å². The van der Waals surface area contributed by atoms with E-state index in [1.807, 2.05) is 48.5 Å². The van der Waals surface area contributed by atoms with Crippen LogP contribution in [-0.2, 0) is 0 Å². The van der Waals surface area contributed by atoms with Crippen LogP contribution in [0.4, 0.5) is 5.69 Å². The van der Waals surface area contributed by atoms with E-state index in [-0.39, 0.29) is 5.91 Å². The molecule has 0 aliphatic carbocycles. The lowest BCUT2D eigenvalue weighted by atomic mass is 10.1. The van der Waals surface area contributed by atoms with E-state index in [4.69, 9.17) is 0 Å². The zero-order chi connectivity index (χ0) is 14.7. The van der Waals surface area contributed by atoms with Gasteiger partial charge in [0.25, 0.3) is 5.91 Å². The Morgan fingerprint density at radius 1 is 1.05 bits per heavy atom. The summed E-state index contributed by atoms with van der Waals surface area (Å²) in [6, 6.07) is 15.1. The van der Waals surface area contributed by atoms with Gasteiger partial charge in [-0.15, -0.1) is 0 Å². The van der Waals surface area contributed by atoms with Crippen LogP contribution in [0.3, 0.4) is 0 Å². The molecular formula is C16H12IN3O. The number of H-pyrrole nitrogens is 1. The fraction of sp³-hybridized carbons (Fsp3) is 0. The third-order valence-electron chi connectivity index (χ3n) is 3.06. The summed E-state index contributed by atoms with van der Waals surface area (Å²) in [4.78, 5) is 19.1. The van der Waals surface area contributed by atoms with Crippen LogP contribution in [-0.4, -0.2) is 15.9 Å². The number of rotatable bonds is 3. The van der Waals surface area contributed by atoms with Gasteiger partial charge in [0.1, 0.15) is 0 Å². The number of imidazole rings is 1. The summed E-state index contributed by atoms with van der Waals surface area (Å²) in [6.45, 7) is 0. The molecule has 0 fully saturated rings. The number of aromatic nitrogens is 2. The lowest BCUT2D eigenvalue weighted by Gasteiger charge is -2.06. The summed E-state index contributed by atoms with van der Waals surface area (Å²) >= 11 is 2.21. The predicted octanol–water partition coefficient (Wildman–Crippen LogP) is 3.93. The van der Waals surface area contributed by atoms with Gasteiger partial charge in [0, 0.05) is 14.8 Å². The number of carbonyl (C=O) groups is 1. The molecule has 4 nitrogen and oxygen atoms in total. The van der Waals surface area contributed by atoms with Crippen LogP contribution in [0, 0.1) is 3.57 Å². The van der Waals surface area contributed by atoms with Gasteiger partial charge in [-0.25, -0.2) is 4.98 Å². The van der Waals surface area contributed by atoms with Crippen molar-refractivity contribution in [2.24, 2.45) is 0 Å². The average Bonchev–Trinajstić information content (AvgIpc) is 3.03. The van der Waals surface area contributed by atoms with Gasteiger partial charge in [0.05, 0.1) is 18.2 Å². The Bertz CT molecular complexity index is 734. The highest BCUT2D eigenvalue weighted by Crippen LogP contribution is 2.19. The van der Waals surface area contributed by atoms with Gasteiger partial charge < -0.3 is 10.3 Å². The topological polar surface area (TPSA) is 57.8 Å². The maximum atomic E-state index is 12.1. The molecule has 0 saturated carbocycles. The highest BCUT2D eigenvalue weighted by Gasteiger charge is 2.06. The molecule has 0 spiro atoms. The fourth-order valence-corrected chi connectivity index (χ4v) is 2.31. The highest BCUT2D eigenvalue weighted by atomic mass is 127. The molecule has 0 radical (unpaired) electrons. The first kappa shape index (κ1) is 13.8. The molecule has 1 heterocycles. The monoisotopic (exact) mass is 389 g/mol. The molecule has 0 aliphatic heterocycles. The van der Waals surface area contributed by atoms with Gasteiger partial charge in [0.2, 0.25) is 0 Å². The van der Waals surface area contributed by atoms with Gasteiger partial charge >= 0.3 is 0 Å². The highest BCUT2D eigenvalue weighted by molar-refractivity contribution is 14.1. The van der Waals surface area contributed by atoms with Crippen molar-refractivity contribution in [2.75, 3.05) is 5.32 Å². The second kappa shape index (κ2) is 6.09. The van der Waals surface area contributed by atoms with E-state index in [9.17, 15) is 4.79 Å². The number of hydrogen-bond acceptors (Lipinski definition) is 2. The first-order valence-electron chi connectivity index (χ1n) is 6.38. The van der Waals surface area contributed by atoms with Gasteiger partial charge in [-0.05, 0) is 64.6 Å². The van der Waals surface area contributed by atoms with Crippen LogP contribution in [0.5, 0.6) is 0 Å². The second-order valence-electron chi connectivity index (χ2n) is 4.50. The summed E-state index contributed by atoms with van der Waals surface area (Å²) in [5.74, 6) is -0.110. The van der Waals surface area contributed by atoms with E-state index in [1.54, 1.807) is 12.5 Å². The third kappa shape index (κ3) is 3.30. The van der Waals surface area contributed by atoms with Crippen molar-refractivity contribution >= 4 is 34.2 Å². The lowest BCUT2D eigenvalue weighted by Crippen LogP contribution is -2.11. The van der Waals surface area contributed by atoms with Crippen molar-refractivity contribution in [2.45, 2.75) is 0 Å². The van der Waals surface area contributed by atoms with Crippen LogP contribution in [0.1, 0.15) is 10.4 Å². The number of carbonyl (C=O) groups excluding carboxylic acids is 1. The van der Waals surface area contributed by atoms with E-state index in [0.717, 1.165) is 20.5 Å². The number of anilines is 1. The van der Waals surface area contributed by atoms with Gasteiger partial charge in [-0.1, -0.05) is 12.1 Å². The van der Waals surface area contributed by atoms with Crippen molar-refractivity contribution in [1.82, 2.24) is 9.97 Å². The zero-order valence-corrected chi connectivity index (χ0v) is 13.2. The minimum atomic E-state index is -0.110. The van der Waals surface area contributed by atoms with Crippen LogP contribution in [0.2, 0.25) is 0 Å². The van der Waals surface area contributed by atoms with Crippen molar-refractivity contribution in [3.05, 3.63) is 70.2 Å². The van der Waals surface area contributed by atoms with Crippen molar-refractivity contribution in [3.63, 3.8) is 0 Å². The van der Waals surface area contributed by atoms with Gasteiger partial charge in [-0.2, -0.15) is 0 Å². The van der Waals surface area contributed by atoms with E-state index >= 15 is 0 Å². The molecule has 21 heavy (non-hydrogen) atoms. The van der Waals surface area contributed by atoms with Crippen LogP contribution in [0.25, 0.3) is 11.3 Å². The molecule has 2 N–H and O–H groups in total. The first-order valence-corrected chi connectivity index (χ1v) is 7.46. The van der Waals surface area contributed by atoms with Crippen LogP contribution in [0.15, 0.2) is 61.1 Å². The molecule has 0 aliphatic rings. The number of benzene rings is 2. The van der Waals surface area contributed by atoms with Crippen molar-refractivity contribution in [1.29, 1.82) is 0 Å². The molecule has 104 valence electrons. The SMILES string of the molecule is O=C(Nc1ccc(-c2cnc[nH]2)cc1)c1ccc(I)cc1. The minimum Gasteiger partial charge on any atom is -0.345 e. The lowest BCUT2D eigenvalue weighted by molar-refractivity contribution is 0.102. The van der Waals surface area contributed by atoms with Crippen LogP contribution >= 0.6 is 22.6 Å². The third-order valence-corrected chi connectivity index (χ3v) is 3.78. The molecular weight excluding hydrogens is 377 g/mol. The summed E-state index contributed by atoms with van der Waals surface area (Å²) < 4.78 is 1.10. The Labute approximate surface area is 135 Å². The van der Waals surface area contributed by atoms with E-state index in [1.165, 1.54) is 0 Å². The largest absolute Gasteiger partial charge is 0.345 e. The quantitative estimate of drug-likeness (QED) is 0.667. The normalized spacial score (nSPS) is 10.3. The number of aromatic amines is 1.